The minimum absolute atomic E-state index is 0.359. The molecule has 0 spiro atoms. The molecule has 0 aromatic rings. The smallest absolute Gasteiger partial charge is 0.326 e. The van der Waals surface area contributed by atoms with Crippen molar-refractivity contribution in [2.24, 2.45) is 5.41 Å². The largest absolute Gasteiger partial charge is 0.480 e. The molecule has 0 rings (SSSR count). The van der Waals surface area contributed by atoms with Crippen molar-refractivity contribution in [3.63, 3.8) is 0 Å². The van der Waals surface area contributed by atoms with Crippen LogP contribution < -0.4 is 5.32 Å². The summed E-state index contributed by atoms with van der Waals surface area (Å²) in [5, 5.41) is 20.8. The van der Waals surface area contributed by atoms with Gasteiger partial charge in [-0.1, -0.05) is 34.1 Å². The van der Waals surface area contributed by atoms with Crippen LogP contribution in [0.3, 0.4) is 0 Å². The summed E-state index contributed by atoms with van der Waals surface area (Å²) in [7, 11) is 0. The molecule has 16 heavy (non-hydrogen) atoms. The fraction of sp³-hybridized carbons (Fsp3) is 0.818. The molecule has 0 aromatic carbocycles. The Morgan fingerprint density at radius 1 is 1.31 bits per heavy atom. The third kappa shape index (κ3) is 4.61. The molecule has 5 heteroatoms. The van der Waals surface area contributed by atoms with Gasteiger partial charge in [-0.15, -0.1) is 0 Å². The van der Waals surface area contributed by atoms with Crippen LogP contribution in [0.4, 0.5) is 0 Å². The van der Waals surface area contributed by atoms with E-state index in [1.807, 2.05) is 6.92 Å². The van der Waals surface area contributed by atoms with Crippen LogP contribution in [0.5, 0.6) is 0 Å². The number of carboxylic acids is 1. The Labute approximate surface area is 95.9 Å². The number of carboxylic acid groups (broad SMARTS) is 1. The van der Waals surface area contributed by atoms with Crippen LogP contribution >= 0.6 is 0 Å². The zero-order chi connectivity index (χ0) is 12.9. The highest BCUT2D eigenvalue weighted by molar-refractivity contribution is 5.86. The molecule has 0 aromatic heterocycles. The molecular weight excluding hydrogens is 210 g/mol. The van der Waals surface area contributed by atoms with Crippen molar-refractivity contribution in [2.45, 2.75) is 52.7 Å². The van der Waals surface area contributed by atoms with Gasteiger partial charge in [-0.3, -0.25) is 4.79 Å². The monoisotopic (exact) mass is 231 g/mol. The summed E-state index contributed by atoms with van der Waals surface area (Å²) < 4.78 is 0. The molecule has 1 amide bonds. The van der Waals surface area contributed by atoms with Crippen LogP contribution in [-0.2, 0) is 9.59 Å². The van der Waals surface area contributed by atoms with Gasteiger partial charge in [0.1, 0.15) is 12.1 Å². The second kappa shape index (κ2) is 5.84. The van der Waals surface area contributed by atoms with E-state index in [1.165, 1.54) is 0 Å². The molecule has 0 aliphatic rings. The second-order valence-corrected chi connectivity index (χ2v) is 4.96. The number of nitrogens with one attached hydrogen (secondary N) is 1. The van der Waals surface area contributed by atoms with Crippen molar-refractivity contribution >= 4 is 11.9 Å². The zero-order valence-corrected chi connectivity index (χ0v) is 10.3. The van der Waals surface area contributed by atoms with E-state index in [2.05, 4.69) is 5.32 Å². The van der Waals surface area contributed by atoms with Crippen molar-refractivity contribution in [3.8, 4) is 0 Å². The average molecular weight is 231 g/mol. The fourth-order valence-corrected chi connectivity index (χ4v) is 1.19. The Kier molecular flexibility index (Phi) is 5.44. The summed E-state index contributed by atoms with van der Waals surface area (Å²) in [6, 6.07) is -0.922. The molecule has 0 bridgehead atoms. The SMILES string of the molecule is CCCC(NC(=O)[C@@H](O)C(C)(C)C)C(=O)O. The molecule has 0 saturated heterocycles. The summed E-state index contributed by atoms with van der Waals surface area (Å²) >= 11 is 0. The van der Waals surface area contributed by atoms with Crippen molar-refractivity contribution < 1.29 is 19.8 Å². The van der Waals surface area contributed by atoms with Gasteiger partial charge in [-0.2, -0.15) is 0 Å². The molecule has 94 valence electrons. The first-order chi connectivity index (χ1) is 7.20. The lowest BCUT2D eigenvalue weighted by molar-refractivity contribution is -0.145. The Morgan fingerprint density at radius 2 is 1.81 bits per heavy atom. The third-order valence-corrected chi connectivity index (χ3v) is 2.26. The summed E-state index contributed by atoms with van der Waals surface area (Å²) in [6.45, 7) is 6.98. The molecular formula is C11H21NO4. The number of carbonyl (C=O) groups is 2. The first-order valence-corrected chi connectivity index (χ1v) is 5.41. The van der Waals surface area contributed by atoms with Crippen LogP contribution in [-0.4, -0.2) is 34.2 Å². The Bertz CT molecular complexity index is 257. The second-order valence-electron chi connectivity index (χ2n) is 4.96. The van der Waals surface area contributed by atoms with Gasteiger partial charge in [0.2, 0.25) is 5.91 Å². The summed E-state index contributed by atoms with van der Waals surface area (Å²) in [4.78, 5) is 22.4. The Morgan fingerprint density at radius 3 is 2.12 bits per heavy atom. The standard InChI is InChI=1S/C11H21NO4/c1-5-6-7(10(15)16)12-9(14)8(13)11(2,3)4/h7-8,13H,5-6H2,1-4H3,(H,12,14)(H,15,16)/t7?,8-/m1/s1. The lowest BCUT2D eigenvalue weighted by Crippen LogP contribution is -2.49. The van der Waals surface area contributed by atoms with Crippen LogP contribution in [0.2, 0.25) is 0 Å². The number of hydrogen-bond donors (Lipinski definition) is 3. The van der Waals surface area contributed by atoms with Crippen LogP contribution in [0.25, 0.3) is 0 Å². The number of hydrogen-bond acceptors (Lipinski definition) is 3. The first kappa shape index (κ1) is 14.9. The predicted molar refractivity (Wildman–Crippen MR) is 59.9 cm³/mol. The predicted octanol–water partition coefficient (Wildman–Crippen LogP) is 0.763. The van der Waals surface area contributed by atoms with E-state index in [1.54, 1.807) is 20.8 Å². The van der Waals surface area contributed by atoms with Crippen molar-refractivity contribution in [1.29, 1.82) is 0 Å². The van der Waals surface area contributed by atoms with E-state index in [0.29, 0.717) is 12.8 Å². The van der Waals surface area contributed by atoms with E-state index >= 15 is 0 Å². The lowest BCUT2D eigenvalue weighted by atomic mass is 9.88. The topological polar surface area (TPSA) is 86.6 Å². The maximum Gasteiger partial charge on any atom is 0.326 e. The molecule has 0 fully saturated rings. The van der Waals surface area contributed by atoms with Gasteiger partial charge >= 0.3 is 5.97 Å². The first-order valence-electron chi connectivity index (χ1n) is 5.41. The molecule has 0 aliphatic heterocycles. The van der Waals surface area contributed by atoms with E-state index in [-0.39, 0.29) is 0 Å². The molecule has 5 nitrogen and oxygen atoms in total. The number of aliphatic hydroxyl groups is 1. The zero-order valence-electron chi connectivity index (χ0n) is 10.3. The quantitative estimate of drug-likeness (QED) is 0.652. The number of rotatable bonds is 5. The van der Waals surface area contributed by atoms with Gasteiger partial charge in [0.05, 0.1) is 0 Å². The lowest BCUT2D eigenvalue weighted by Gasteiger charge is -2.26. The maximum absolute atomic E-state index is 11.6. The molecule has 3 N–H and O–H groups in total. The van der Waals surface area contributed by atoms with E-state index in [4.69, 9.17) is 5.11 Å². The van der Waals surface area contributed by atoms with E-state index in [0.717, 1.165) is 0 Å². The third-order valence-electron chi connectivity index (χ3n) is 2.26. The van der Waals surface area contributed by atoms with Crippen molar-refractivity contribution in [3.05, 3.63) is 0 Å². The van der Waals surface area contributed by atoms with Crippen LogP contribution in [0.15, 0.2) is 0 Å². The average Bonchev–Trinajstić information content (AvgIpc) is 2.14. The molecule has 0 saturated carbocycles. The summed E-state index contributed by atoms with van der Waals surface area (Å²) in [5.74, 6) is -1.70. The number of amides is 1. The normalized spacial score (nSPS) is 15.3. The van der Waals surface area contributed by atoms with E-state index in [9.17, 15) is 14.7 Å². The molecule has 0 heterocycles. The summed E-state index contributed by atoms with van der Waals surface area (Å²) in [5.41, 5.74) is -0.598. The fourth-order valence-electron chi connectivity index (χ4n) is 1.19. The molecule has 0 radical (unpaired) electrons. The number of aliphatic carboxylic acids is 1. The van der Waals surface area contributed by atoms with Gasteiger partial charge in [-0.25, -0.2) is 4.79 Å². The van der Waals surface area contributed by atoms with Crippen molar-refractivity contribution in [1.82, 2.24) is 5.32 Å². The van der Waals surface area contributed by atoms with Crippen LogP contribution in [0, 0.1) is 5.41 Å². The number of aliphatic hydroxyl groups excluding tert-OH is 1. The van der Waals surface area contributed by atoms with Crippen molar-refractivity contribution in [2.75, 3.05) is 0 Å². The minimum atomic E-state index is -1.20. The highest BCUT2D eigenvalue weighted by atomic mass is 16.4. The molecule has 0 aliphatic carbocycles. The highest BCUT2D eigenvalue weighted by Crippen LogP contribution is 2.19. The number of carbonyl (C=O) groups excluding carboxylic acids is 1. The Balaban J connectivity index is 4.46. The van der Waals surface area contributed by atoms with E-state index < -0.39 is 29.4 Å². The van der Waals surface area contributed by atoms with Gasteiger partial charge in [-0.05, 0) is 11.8 Å². The van der Waals surface area contributed by atoms with Gasteiger partial charge < -0.3 is 15.5 Å². The minimum Gasteiger partial charge on any atom is -0.480 e. The maximum atomic E-state index is 11.6. The van der Waals surface area contributed by atoms with Gasteiger partial charge in [0.25, 0.3) is 0 Å². The van der Waals surface area contributed by atoms with Gasteiger partial charge in [0.15, 0.2) is 0 Å². The van der Waals surface area contributed by atoms with Crippen LogP contribution in [0.1, 0.15) is 40.5 Å². The highest BCUT2D eigenvalue weighted by Gasteiger charge is 2.31. The molecule has 1 unspecified atom stereocenters. The Hall–Kier alpha value is -1.10. The summed E-state index contributed by atoms with van der Waals surface area (Å²) in [6.07, 6.45) is -0.188. The molecule has 2 atom stereocenters. The van der Waals surface area contributed by atoms with Gasteiger partial charge in [0, 0.05) is 0 Å².